The summed E-state index contributed by atoms with van der Waals surface area (Å²) in [5.74, 6) is 0.400. The minimum absolute atomic E-state index is 0.0481. The molecule has 4 aromatic rings. The number of Topliss-reactive ketones (excluding diaryl/α,β-unsaturated/α-hetero) is 1. The summed E-state index contributed by atoms with van der Waals surface area (Å²) in [4.78, 5) is 23.4. The number of thiazole rings is 1. The molecule has 0 atom stereocenters. The third-order valence-electron chi connectivity index (χ3n) is 5.37. The molecule has 0 aromatic carbocycles. The van der Waals surface area contributed by atoms with Crippen LogP contribution in [0.3, 0.4) is 0 Å². The zero-order chi connectivity index (χ0) is 22.5. The molecule has 12 heteroatoms. The molecule has 0 N–H and O–H groups in total. The highest BCUT2D eigenvalue weighted by atomic mass is 32.1. The van der Waals surface area contributed by atoms with E-state index in [0.717, 1.165) is 48.2 Å². The first-order valence-corrected chi connectivity index (χ1v) is 10.9. The molecule has 0 aliphatic carbocycles. The molecule has 0 radical (unpaired) electrons. The Morgan fingerprint density at radius 3 is 2.72 bits per heavy atom. The number of ketones is 1. The van der Waals surface area contributed by atoms with Crippen LogP contribution in [-0.4, -0.2) is 48.2 Å². The normalized spacial score (nSPS) is 14.6. The number of aryl methyl sites for hydroxylation is 1. The van der Waals surface area contributed by atoms with E-state index in [2.05, 4.69) is 25.1 Å². The average molecular weight is 461 g/mol. The molecular weight excluding hydrogens is 443 g/mol. The Bertz CT molecular complexity index is 1300. The van der Waals surface area contributed by atoms with Gasteiger partial charge in [0.05, 0.1) is 11.8 Å². The van der Waals surface area contributed by atoms with Crippen LogP contribution >= 0.6 is 11.3 Å². The smallest absolute Gasteiger partial charge is 0.340 e. The lowest BCUT2D eigenvalue weighted by molar-refractivity contribution is -0.140. The number of fused-ring (bicyclic) bond motifs is 1. The number of aromatic nitrogens is 6. The largest absolute Gasteiger partial charge is 0.434 e. The second-order valence-electron chi connectivity index (χ2n) is 7.61. The number of pyridine rings is 1. The van der Waals surface area contributed by atoms with Gasteiger partial charge in [-0.2, -0.15) is 23.3 Å². The molecule has 0 unspecified atom stereocenters. The number of rotatable bonds is 5. The van der Waals surface area contributed by atoms with E-state index in [4.69, 9.17) is 0 Å². The molecular formula is C20H18F3N7OS. The van der Waals surface area contributed by atoms with Gasteiger partial charge in [0, 0.05) is 38.1 Å². The van der Waals surface area contributed by atoms with Gasteiger partial charge in [-0.15, -0.1) is 16.4 Å². The van der Waals surface area contributed by atoms with Crippen molar-refractivity contribution in [3.63, 3.8) is 0 Å². The van der Waals surface area contributed by atoms with E-state index in [1.807, 2.05) is 0 Å². The Kier molecular flexibility index (Phi) is 4.96. The first kappa shape index (κ1) is 20.6. The van der Waals surface area contributed by atoms with Gasteiger partial charge < -0.3 is 4.90 Å². The number of nitrogens with zero attached hydrogens (tertiary/aromatic N) is 7. The quantitative estimate of drug-likeness (QED) is 0.422. The van der Waals surface area contributed by atoms with Crippen molar-refractivity contribution < 1.29 is 18.0 Å². The van der Waals surface area contributed by atoms with E-state index in [0.29, 0.717) is 11.6 Å². The molecule has 1 aliphatic heterocycles. The van der Waals surface area contributed by atoms with Crippen LogP contribution in [0.25, 0.3) is 16.2 Å². The van der Waals surface area contributed by atoms with E-state index in [1.165, 1.54) is 10.9 Å². The molecule has 1 aliphatic rings. The van der Waals surface area contributed by atoms with Crippen molar-refractivity contribution in [2.45, 2.75) is 25.4 Å². The Labute approximate surface area is 184 Å². The van der Waals surface area contributed by atoms with Crippen LogP contribution in [0.2, 0.25) is 0 Å². The molecule has 5 rings (SSSR count). The fraction of sp³-hybridized carbons (Fsp3) is 0.350. The van der Waals surface area contributed by atoms with Crippen molar-refractivity contribution in [2.75, 3.05) is 18.0 Å². The van der Waals surface area contributed by atoms with Crippen LogP contribution in [0.5, 0.6) is 0 Å². The first-order chi connectivity index (χ1) is 15.3. The van der Waals surface area contributed by atoms with Gasteiger partial charge in [-0.3, -0.25) is 9.48 Å². The molecule has 1 saturated heterocycles. The number of alkyl halides is 3. The van der Waals surface area contributed by atoms with Gasteiger partial charge in [-0.1, -0.05) is 0 Å². The molecule has 1 fully saturated rings. The number of hydrogen-bond acceptors (Lipinski definition) is 7. The number of hydrogen-bond donors (Lipinski definition) is 0. The maximum Gasteiger partial charge on any atom is 0.434 e. The maximum absolute atomic E-state index is 13.1. The van der Waals surface area contributed by atoms with Crippen LogP contribution in [0.4, 0.5) is 19.1 Å². The first-order valence-electron chi connectivity index (χ1n) is 9.98. The zero-order valence-electron chi connectivity index (χ0n) is 17.0. The molecule has 0 amide bonds. The molecule has 0 saturated carbocycles. The van der Waals surface area contributed by atoms with Crippen LogP contribution in [0, 0.1) is 0 Å². The number of carbonyl (C=O) groups is 1. The van der Waals surface area contributed by atoms with Gasteiger partial charge in [0.2, 0.25) is 5.95 Å². The standard InChI is InChI=1S/C20H18F3N7OS/c1-28-17(13(10-24-28)18-25-15(11-32-18)20(21,22)23)14(31)8-12-4-7-30-16(9-12)26-19(27-30)29-5-2-3-6-29/h4,7,9-11H,2-3,5-6,8H2,1H3. The predicted octanol–water partition coefficient (Wildman–Crippen LogP) is 3.63. The summed E-state index contributed by atoms with van der Waals surface area (Å²) < 4.78 is 41.9. The Hall–Kier alpha value is -3.28. The fourth-order valence-electron chi connectivity index (χ4n) is 3.79. The van der Waals surface area contributed by atoms with Crippen molar-refractivity contribution in [3.05, 3.63) is 46.9 Å². The molecule has 5 heterocycles. The van der Waals surface area contributed by atoms with Crippen LogP contribution < -0.4 is 4.90 Å². The number of halogens is 3. The van der Waals surface area contributed by atoms with Gasteiger partial charge in [-0.25, -0.2) is 9.50 Å². The lowest BCUT2D eigenvalue weighted by Gasteiger charge is -2.10. The van der Waals surface area contributed by atoms with Crippen molar-refractivity contribution in [1.82, 2.24) is 29.4 Å². The van der Waals surface area contributed by atoms with Crippen LogP contribution in [-0.2, 0) is 19.6 Å². The Morgan fingerprint density at radius 1 is 1.22 bits per heavy atom. The summed E-state index contributed by atoms with van der Waals surface area (Å²) in [6, 6.07) is 3.58. The second-order valence-corrected chi connectivity index (χ2v) is 8.47. The second kappa shape index (κ2) is 7.69. The van der Waals surface area contributed by atoms with Gasteiger partial charge in [0.1, 0.15) is 10.7 Å². The summed E-state index contributed by atoms with van der Waals surface area (Å²) >= 11 is 0.834. The summed E-state index contributed by atoms with van der Waals surface area (Å²) in [5.41, 5.74) is 0.887. The topological polar surface area (TPSA) is 81.2 Å². The monoisotopic (exact) mass is 461 g/mol. The molecule has 0 spiro atoms. The van der Waals surface area contributed by atoms with Crippen molar-refractivity contribution in [1.29, 1.82) is 0 Å². The Morgan fingerprint density at radius 2 is 2.00 bits per heavy atom. The van der Waals surface area contributed by atoms with E-state index < -0.39 is 11.9 Å². The fourth-order valence-corrected chi connectivity index (χ4v) is 4.63. The number of carbonyl (C=O) groups excluding carboxylic acids is 1. The number of anilines is 1. The van der Waals surface area contributed by atoms with Crippen molar-refractivity contribution in [3.8, 4) is 10.6 Å². The maximum atomic E-state index is 13.1. The van der Waals surface area contributed by atoms with Crippen molar-refractivity contribution >= 4 is 28.7 Å². The SMILES string of the molecule is Cn1ncc(-c2nc(C(F)(F)F)cs2)c1C(=O)Cc1ccn2nc(N3CCCC3)nc2c1. The van der Waals surface area contributed by atoms with Gasteiger partial charge in [0.25, 0.3) is 0 Å². The van der Waals surface area contributed by atoms with Crippen LogP contribution in [0.15, 0.2) is 29.9 Å². The summed E-state index contributed by atoms with van der Waals surface area (Å²) in [6.45, 7) is 1.86. The average Bonchev–Trinajstić information content (AvgIpc) is 3.51. The predicted molar refractivity (Wildman–Crippen MR) is 112 cm³/mol. The van der Waals surface area contributed by atoms with Gasteiger partial charge >= 0.3 is 6.18 Å². The molecule has 8 nitrogen and oxygen atoms in total. The van der Waals surface area contributed by atoms with Crippen LogP contribution in [0.1, 0.15) is 34.6 Å². The van der Waals surface area contributed by atoms with Crippen molar-refractivity contribution in [2.24, 2.45) is 7.05 Å². The van der Waals surface area contributed by atoms with E-state index in [9.17, 15) is 18.0 Å². The van der Waals surface area contributed by atoms with Gasteiger partial charge in [-0.05, 0) is 30.5 Å². The molecule has 0 bridgehead atoms. The lowest BCUT2D eigenvalue weighted by Crippen LogP contribution is -2.19. The minimum Gasteiger partial charge on any atom is -0.340 e. The zero-order valence-corrected chi connectivity index (χ0v) is 17.8. The van der Waals surface area contributed by atoms with E-state index in [1.54, 1.807) is 29.9 Å². The molecule has 166 valence electrons. The third kappa shape index (κ3) is 3.74. The molecule has 32 heavy (non-hydrogen) atoms. The summed E-state index contributed by atoms with van der Waals surface area (Å²) in [7, 11) is 1.58. The summed E-state index contributed by atoms with van der Waals surface area (Å²) in [6.07, 6.45) is 0.869. The van der Waals surface area contributed by atoms with E-state index >= 15 is 0 Å². The third-order valence-corrected chi connectivity index (χ3v) is 6.25. The van der Waals surface area contributed by atoms with Gasteiger partial charge in [0.15, 0.2) is 17.1 Å². The lowest BCUT2D eigenvalue weighted by atomic mass is 10.1. The highest BCUT2D eigenvalue weighted by molar-refractivity contribution is 7.13. The van der Waals surface area contributed by atoms with E-state index in [-0.39, 0.29) is 28.5 Å². The highest BCUT2D eigenvalue weighted by Gasteiger charge is 2.34. The minimum atomic E-state index is -4.54. The highest BCUT2D eigenvalue weighted by Crippen LogP contribution is 2.34. The summed E-state index contributed by atoms with van der Waals surface area (Å²) in [5, 5.41) is 9.61. The molecule has 4 aromatic heterocycles. The Balaban J connectivity index is 1.41.